The second-order valence-electron chi connectivity index (χ2n) is 15.0. The summed E-state index contributed by atoms with van der Waals surface area (Å²) in [5, 5.41) is 0. The maximum atomic E-state index is 12.1. The van der Waals surface area contributed by atoms with Gasteiger partial charge in [0.05, 0.1) is 26.4 Å². The van der Waals surface area contributed by atoms with Crippen LogP contribution < -0.4 is 9.47 Å². The van der Waals surface area contributed by atoms with Crippen LogP contribution in [0.1, 0.15) is 200 Å². The van der Waals surface area contributed by atoms with Crippen LogP contribution in [0.3, 0.4) is 0 Å². The summed E-state index contributed by atoms with van der Waals surface area (Å²) in [6, 6.07) is 6.07. The highest BCUT2D eigenvalue weighted by Gasteiger charge is 2.11. The van der Waals surface area contributed by atoms with E-state index in [4.69, 9.17) is 18.9 Å². The molecule has 6 heteroatoms. The van der Waals surface area contributed by atoms with Crippen LogP contribution in [-0.4, -0.2) is 38.4 Å². The third-order valence-corrected chi connectivity index (χ3v) is 10.3. The highest BCUT2D eigenvalue weighted by atomic mass is 16.5. The molecule has 52 heavy (non-hydrogen) atoms. The zero-order chi connectivity index (χ0) is 37.9. The van der Waals surface area contributed by atoms with E-state index in [2.05, 4.69) is 34.3 Å². The Balaban J connectivity index is 2.08. The zero-order valence-electron chi connectivity index (χ0n) is 34.3. The minimum absolute atomic E-state index is 0.0215. The van der Waals surface area contributed by atoms with Gasteiger partial charge in [-0.25, -0.2) is 0 Å². The topological polar surface area (TPSA) is 71.1 Å². The number of esters is 2. The predicted octanol–water partition coefficient (Wildman–Crippen LogP) is 13.6. The lowest BCUT2D eigenvalue weighted by molar-refractivity contribution is -0.146. The van der Waals surface area contributed by atoms with Crippen molar-refractivity contribution in [3.05, 3.63) is 30.3 Å². The van der Waals surface area contributed by atoms with Gasteiger partial charge >= 0.3 is 11.9 Å². The molecule has 1 aromatic carbocycles. The first-order valence-electron chi connectivity index (χ1n) is 21.8. The molecular weight excluding hydrogens is 649 g/mol. The number of rotatable bonds is 37. The molecular formula is C46H80O6. The van der Waals surface area contributed by atoms with Crippen molar-refractivity contribution < 1.29 is 28.5 Å². The Bertz CT molecular complexity index is 1010. The fourth-order valence-electron chi connectivity index (χ4n) is 6.47. The fraction of sp³-hybridized carbons (Fsp3) is 0.783. The molecule has 0 aromatic heterocycles. The monoisotopic (exact) mass is 729 g/mol. The molecule has 0 radical (unpaired) electrons. The van der Waals surface area contributed by atoms with E-state index in [0.717, 1.165) is 94.1 Å². The Morgan fingerprint density at radius 2 is 0.962 bits per heavy atom. The third kappa shape index (κ3) is 26.3. The first-order valence-corrected chi connectivity index (χ1v) is 21.8. The lowest BCUT2D eigenvalue weighted by atomic mass is 10.0. The van der Waals surface area contributed by atoms with E-state index in [9.17, 15) is 9.59 Å². The van der Waals surface area contributed by atoms with Crippen molar-refractivity contribution in [2.75, 3.05) is 26.4 Å². The maximum Gasteiger partial charge on any atom is 0.305 e. The Hall–Kier alpha value is -2.50. The molecule has 2 unspecified atom stereocenters. The van der Waals surface area contributed by atoms with Crippen molar-refractivity contribution in [2.45, 2.75) is 195 Å². The maximum absolute atomic E-state index is 12.1. The van der Waals surface area contributed by atoms with Crippen LogP contribution in [0.2, 0.25) is 0 Å². The van der Waals surface area contributed by atoms with E-state index in [0.29, 0.717) is 51.1 Å². The molecule has 300 valence electrons. The molecule has 0 N–H and O–H groups in total. The highest BCUT2D eigenvalue weighted by molar-refractivity contribution is 5.69. The van der Waals surface area contributed by atoms with E-state index in [-0.39, 0.29) is 11.9 Å². The van der Waals surface area contributed by atoms with Gasteiger partial charge in [-0.2, -0.15) is 0 Å². The van der Waals surface area contributed by atoms with E-state index >= 15 is 0 Å². The highest BCUT2D eigenvalue weighted by Crippen LogP contribution is 2.29. The molecule has 0 aliphatic carbocycles. The van der Waals surface area contributed by atoms with Gasteiger partial charge in [0, 0.05) is 12.8 Å². The molecule has 0 saturated heterocycles. The van der Waals surface area contributed by atoms with Gasteiger partial charge in [0.1, 0.15) is 0 Å². The van der Waals surface area contributed by atoms with Crippen molar-refractivity contribution >= 4 is 18.0 Å². The van der Waals surface area contributed by atoms with Crippen molar-refractivity contribution in [1.82, 2.24) is 0 Å². The standard InChI is InChI=1S/C46H80O6/c1-6-11-29-41(9-4)38-51-45(47)31-25-21-17-13-15-19-23-27-35-49-43-34-33-40(8-3)37-44(43)50-36-28-24-20-16-14-18-22-26-32-46(48)52-39-42(10-5)30-12-7-2/h8,33-34,37,41-42H,3,6-7,9-32,35-36,38-39H2,1-2,4-5H3. The van der Waals surface area contributed by atoms with Crippen LogP contribution in [0.4, 0.5) is 0 Å². The molecule has 0 aliphatic rings. The summed E-state index contributed by atoms with van der Waals surface area (Å²) in [7, 11) is 0. The van der Waals surface area contributed by atoms with Gasteiger partial charge in [-0.1, -0.05) is 162 Å². The molecule has 1 aromatic rings. The van der Waals surface area contributed by atoms with Gasteiger partial charge in [0.25, 0.3) is 0 Å². The molecule has 6 nitrogen and oxygen atoms in total. The van der Waals surface area contributed by atoms with E-state index in [1.165, 1.54) is 77.0 Å². The van der Waals surface area contributed by atoms with Crippen molar-refractivity contribution in [2.24, 2.45) is 11.8 Å². The molecule has 0 bridgehead atoms. The second-order valence-corrected chi connectivity index (χ2v) is 15.0. The number of hydrogen-bond donors (Lipinski definition) is 0. The van der Waals surface area contributed by atoms with Crippen LogP contribution in [0.5, 0.6) is 11.5 Å². The molecule has 0 amide bonds. The Morgan fingerprint density at radius 3 is 1.37 bits per heavy atom. The summed E-state index contributed by atoms with van der Waals surface area (Å²) in [5.41, 5.74) is 1.04. The second kappa shape index (κ2) is 34.3. The normalized spacial score (nSPS) is 12.3. The lowest BCUT2D eigenvalue weighted by Gasteiger charge is -2.14. The molecule has 0 heterocycles. The van der Waals surface area contributed by atoms with Gasteiger partial charge in [0.2, 0.25) is 0 Å². The first-order chi connectivity index (χ1) is 25.5. The zero-order valence-corrected chi connectivity index (χ0v) is 34.3. The minimum Gasteiger partial charge on any atom is -0.490 e. The molecule has 0 fully saturated rings. The summed E-state index contributed by atoms with van der Waals surface area (Å²) < 4.78 is 23.4. The van der Waals surface area contributed by atoms with E-state index in [1.807, 2.05) is 24.3 Å². The van der Waals surface area contributed by atoms with Gasteiger partial charge in [-0.05, 0) is 68.1 Å². The van der Waals surface area contributed by atoms with Crippen molar-refractivity contribution in [1.29, 1.82) is 0 Å². The number of ether oxygens (including phenoxy) is 4. The molecule has 0 saturated carbocycles. The summed E-state index contributed by atoms with van der Waals surface area (Å²) >= 11 is 0. The predicted molar refractivity (Wildman–Crippen MR) is 219 cm³/mol. The number of hydrogen-bond acceptors (Lipinski definition) is 6. The van der Waals surface area contributed by atoms with E-state index < -0.39 is 0 Å². The number of benzene rings is 1. The van der Waals surface area contributed by atoms with Crippen LogP contribution in [0, 0.1) is 11.8 Å². The number of carbonyl (C=O) groups is 2. The molecule has 2 atom stereocenters. The summed E-state index contributed by atoms with van der Waals surface area (Å²) in [5.74, 6) is 2.63. The quantitative estimate of drug-likeness (QED) is 0.0502. The molecule has 0 spiro atoms. The van der Waals surface area contributed by atoms with Crippen LogP contribution >= 0.6 is 0 Å². The summed E-state index contributed by atoms with van der Waals surface area (Å²) in [4.78, 5) is 24.1. The van der Waals surface area contributed by atoms with Crippen LogP contribution in [0.15, 0.2) is 24.8 Å². The Labute approximate surface area is 320 Å². The average molecular weight is 729 g/mol. The first kappa shape index (κ1) is 47.5. The number of carbonyl (C=O) groups excluding carboxylic acids is 2. The number of unbranched alkanes of at least 4 members (excludes halogenated alkanes) is 16. The van der Waals surface area contributed by atoms with Crippen molar-refractivity contribution in [3.8, 4) is 11.5 Å². The van der Waals surface area contributed by atoms with Gasteiger partial charge in [-0.15, -0.1) is 0 Å². The largest absolute Gasteiger partial charge is 0.490 e. The fourth-order valence-corrected chi connectivity index (χ4v) is 6.47. The Morgan fingerprint density at radius 1 is 0.558 bits per heavy atom. The van der Waals surface area contributed by atoms with Gasteiger partial charge < -0.3 is 18.9 Å². The lowest BCUT2D eigenvalue weighted by Crippen LogP contribution is -2.13. The third-order valence-electron chi connectivity index (χ3n) is 10.3. The van der Waals surface area contributed by atoms with Crippen LogP contribution in [0.25, 0.3) is 6.08 Å². The SMILES string of the molecule is C=Cc1ccc(OCCCCCCCCCCC(=O)OCC(CC)CCCC)c(OCCCCCCCCCCC(=O)OCC(CC)CCCC)c1. The Kier molecular flexibility index (Phi) is 31.3. The minimum atomic E-state index is -0.0220. The molecule has 1 rings (SSSR count). The average Bonchev–Trinajstić information content (AvgIpc) is 3.16. The van der Waals surface area contributed by atoms with Gasteiger partial charge in [-0.3, -0.25) is 9.59 Å². The summed E-state index contributed by atoms with van der Waals surface area (Å²) in [6.45, 7) is 15.3. The van der Waals surface area contributed by atoms with Crippen LogP contribution in [-0.2, 0) is 19.1 Å². The smallest absolute Gasteiger partial charge is 0.305 e. The van der Waals surface area contributed by atoms with Gasteiger partial charge in [0.15, 0.2) is 11.5 Å². The van der Waals surface area contributed by atoms with E-state index in [1.54, 1.807) is 0 Å². The summed E-state index contributed by atoms with van der Waals surface area (Å²) in [6.07, 6.45) is 30.5. The molecule has 0 aliphatic heterocycles. The van der Waals surface area contributed by atoms with Crippen molar-refractivity contribution in [3.63, 3.8) is 0 Å².